The van der Waals surface area contributed by atoms with Gasteiger partial charge in [0.2, 0.25) is 5.95 Å². The Morgan fingerprint density at radius 3 is 2.40 bits per heavy atom. The van der Waals surface area contributed by atoms with Crippen LogP contribution in [0.25, 0.3) is 0 Å². The third-order valence-corrected chi connectivity index (χ3v) is 2.21. The van der Waals surface area contributed by atoms with Crippen molar-refractivity contribution in [1.29, 1.82) is 0 Å². The molecule has 1 aromatic carbocycles. The molecule has 15 heavy (non-hydrogen) atoms. The molecule has 0 aliphatic rings. The van der Waals surface area contributed by atoms with Crippen molar-refractivity contribution in [2.45, 2.75) is 6.04 Å². The van der Waals surface area contributed by atoms with Crippen LogP contribution in [0.2, 0.25) is 0 Å². The lowest BCUT2D eigenvalue weighted by Gasteiger charge is -2.10. The number of nitrogens with zero attached hydrogens (tertiary/aromatic N) is 1. The Bertz CT molecular complexity index is 442. The Kier molecular flexibility index (Phi) is 2.74. The lowest BCUT2D eigenvalue weighted by molar-refractivity contribution is 0.572. The molecule has 3 heteroatoms. The Labute approximate surface area is 87.6 Å². The average Bonchev–Trinajstić information content (AvgIpc) is 2.29. The molecule has 0 saturated carbocycles. The molecule has 2 aromatic rings. The van der Waals surface area contributed by atoms with Crippen LogP contribution >= 0.6 is 0 Å². The molecule has 0 fully saturated rings. The first-order valence-corrected chi connectivity index (χ1v) is 4.70. The van der Waals surface area contributed by atoms with E-state index in [1.807, 2.05) is 30.3 Å². The van der Waals surface area contributed by atoms with Gasteiger partial charge in [0.05, 0.1) is 11.7 Å². The summed E-state index contributed by atoms with van der Waals surface area (Å²) in [4.78, 5) is 3.76. The molecule has 0 spiro atoms. The van der Waals surface area contributed by atoms with E-state index in [9.17, 15) is 4.39 Å². The minimum atomic E-state index is -0.501. The summed E-state index contributed by atoms with van der Waals surface area (Å²) in [6.45, 7) is 0. The summed E-state index contributed by atoms with van der Waals surface area (Å²) < 4.78 is 12.9. The summed E-state index contributed by atoms with van der Waals surface area (Å²) in [6, 6.07) is 13.8. The highest BCUT2D eigenvalue weighted by molar-refractivity contribution is 5.26. The smallest absolute Gasteiger partial charge is 0.213 e. The largest absolute Gasteiger partial charge is 0.319 e. The van der Waals surface area contributed by atoms with Crippen LogP contribution in [0, 0.1) is 5.95 Å². The molecule has 76 valence electrons. The van der Waals surface area contributed by atoms with Gasteiger partial charge in [0.25, 0.3) is 0 Å². The maximum Gasteiger partial charge on any atom is 0.213 e. The molecule has 0 aliphatic heterocycles. The van der Waals surface area contributed by atoms with Crippen LogP contribution in [0.1, 0.15) is 17.3 Å². The van der Waals surface area contributed by atoms with Crippen molar-refractivity contribution in [3.63, 3.8) is 0 Å². The number of aromatic nitrogens is 1. The molecule has 1 unspecified atom stereocenters. The minimum Gasteiger partial charge on any atom is -0.319 e. The average molecular weight is 202 g/mol. The number of hydrogen-bond acceptors (Lipinski definition) is 2. The quantitative estimate of drug-likeness (QED) is 0.759. The molecular weight excluding hydrogens is 191 g/mol. The van der Waals surface area contributed by atoms with Gasteiger partial charge < -0.3 is 5.73 Å². The van der Waals surface area contributed by atoms with E-state index in [1.165, 1.54) is 6.07 Å². The molecule has 1 heterocycles. The van der Waals surface area contributed by atoms with Crippen LogP contribution < -0.4 is 5.73 Å². The fourth-order valence-electron chi connectivity index (χ4n) is 1.43. The Balaban J connectivity index is 2.32. The Morgan fingerprint density at radius 1 is 1.00 bits per heavy atom. The predicted molar refractivity (Wildman–Crippen MR) is 56.7 cm³/mol. The van der Waals surface area contributed by atoms with Crippen LogP contribution in [0.3, 0.4) is 0 Å². The highest BCUT2D eigenvalue weighted by Gasteiger charge is 2.09. The second-order valence-corrected chi connectivity index (χ2v) is 3.27. The molecule has 0 bridgehead atoms. The van der Waals surface area contributed by atoms with Gasteiger partial charge in [-0.05, 0) is 17.7 Å². The van der Waals surface area contributed by atoms with Gasteiger partial charge in [-0.3, -0.25) is 0 Å². The molecule has 2 N–H and O–H groups in total. The molecule has 2 rings (SSSR count). The lowest BCUT2D eigenvalue weighted by Crippen LogP contribution is -2.13. The topological polar surface area (TPSA) is 38.9 Å². The monoisotopic (exact) mass is 202 g/mol. The van der Waals surface area contributed by atoms with Crippen molar-refractivity contribution in [3.8, 4) is 0 Å². The molecule has 2 nitrogen and oxygen atoms in total. The minimum absolute atomic E-state index is 0.373. The first-order valence-electron chi connectivity index (χ1n) is 4.70. The van der Waals surface area contributed by atoms with Gasteiger partial charge in [-0.2, -0.15) is 4.39 Å². The molecular formula is C12H11FN2. The SMILES string of the molecule is NC(c1ccccc1)c1cccc(F)n1. The number of halogens is 1. The third kappa shape index (κ3) is 2.19. The second-order valence-electron chi connectivity index (χ2n) is 3.27. The summed E-state index contributed by atoms with van der Waals surface area (Å²) >= 11 is 0. The van der Waals surface area contributed by atoms with Crippen LogP contribution in [0.5, 0.6) is 0 Å². The normalized spacial score (nSPS) is 12.4. The summed E-state index contributed by atoms with van der Waals surface area (Å²) in [7, 11) is 0. The summed E-state index contributed by atoms with van der Waals surface area (Å²) in [6.07, 6.45) is 0. The van der Waals surface area contributed by atoms with E-state index < -0.39 is 5.95 Å². The summed E-state index contributed by atoms with van der Waals surface area (Å²) in [5.74, 6) is -0.501. The van der Waals surface area contributed by atoms with Crippen molar-refractivity contribution >= 4 is 0 Å². The van der Waals surface area contributed by atoms with E-state index >= 15 is 0 Å². The molecule has 1 atom stereocenters. The zero-order valence-corrected chi connectivity index (χ0v) is 8.10. The number of rotatable bonds is 2. The Hall–Kier alpha value is -1.74. The van der Waals surface area contributed by atoms with Crippen molar-refractivity contribution in [2.24, 2.45) is 5.73 Å². The maximum atomic E-state index is 12.9. The van der Waals surface area contributed by atoms with E-state index in [0.29, 0.717) is 5.69 Å². The molecule has 1 aromatic heterocycles. The van der Waals surface area contributed by atoms with E-state index in [2.05, 4.69) is 4.98 Å². The standard InChI is InChI=1S/C12H11FN2/c13-11-8-4-7-10(15-11)12(14)9-5-2-1-3-6-9/h1-8,12H,14H2. The van der Waals surface area contributed by atoms with E-state index in [0.717, 1.165) is 5.56 Å². The van der Waals surface area contributed by atoms with Gasteiger partial charge in [-0.15, -0.1) is 0 Å². The number of pyridine rings is 1. The summed E-state index contributed by atoms with van der Waals surface area (Å²) in [5, 5.41) is 0. The third-order valence-electron chi connectivity index (χ3n) is 2.21. The van der Waals surface area contributed by atoms with Gasteiger partial charge >= 0.3 is 0 Å². The fraction of sp³-hybridized carbons (Fsp3) is 0.0833. The maximum absolute atomic E-state index is 12.9. The van der Waals surface area contributed by atoms with Crippen molar-refractivity contribution in [2.75, 3.05) is 0 Å². The van der Waals surface area contributed by atoms with Crippen molar-refractivity contribution < 1.29 is 4.39 Å². The van der Waals surface area contributed by atoms with E-state index in [1.54, 1.807) is 12.1 Å². The van der Waals surface area contributed by atoms with Crippen molar-refractivity contribution in [3.05, 3.63) is 65.7 Å². The number of benzene rings is 1. The van der Waals surface area contributed by atoms with E-state index in [4.69, 9.17) is 5.73 Å². The van der Waals surface area contributed by atoms with Crippen LogP contribution in [0.15, 0.2) is 48.5 Å². The fourth-order valence-corrected chi connectivity index (χ4v) is 1.43. The lowest BCUT2D eigenvalue weighted by atomic mass is 10.0. The highest BCUT2D eigenvalue weighted by Crippen LogP contribution is 2.16. The van der Waals surface area contributed by atoms with Crippen LogP contribution in [-0.4, -0.2) is 4.98 Å². The van der Waals surface area contributed by atoms with Gasteiger partial charge in [0.1, 0.15) is 0 Å². The van der Waals surface area contributed by atoms with Crippen LogP contribution in [0.4, 0.5) is 4.39 Å². The summed E-state index contributed by atoms with van der Waals surface area (Å²) in [5.41, 5.74) is 7.43. The Morgan fingerprint density at radius 2 is 1.73 bits per heavy atom. The first-order chi connectivity index (χ1) is 7.27. The number of nitrogens with two attached hydrogens (primary N) is 1. The van der Waals surface area contributed by atoms with Gasteiger partial charge in [0, 0.05) is 0 Å². The predicted octanol–water partition coefficient (Wildman–Crippen LogP) is 2.27. The highest BCUT2D eigenvalue weighted by atomic mass is 19.1. The van der Waals surface area contributed by atoms with Gasteiger partial charge in [0.15, 0.2) is 0 Å². The first kappa shape index (κ1) is 9.80. The molecule has 0 radical (unpaired) electrons. The van der Waals surface area contributed by atoms with E-state index in [-0.39, 0.29) is 6.04 Å². The number of hydrogen-bond donors (Lipinski definition) is 1. The molecule has 0 aliphatic carbocycles. The van der Waals surface area contributed by atoms with Gasteiger partial charge in [-0.25, -0.2) is 4.98 Å². The van der Waals surface area contributed by atoms with Crippen molar-refractivity contribution in [1.82, 2.24) is 4.98 Å². The van der Waals surface area contributed by atoms with Crippen LogP contribution in [-0.2, 0) is 0 Å². The molecule has 0 saturated heterocycles. The zero-order chi connectivity index (χ0) is 10.7. The zero-order valence-electron chi connectivity index (χ0n) is 8.10. The second kappa shape index (κ2) is 4.19. The van der Waals surface area contributed by atoms with Gasteiger partial charge in [-0.1, -0.05) is 36.4 Å². The molecule has 0 amide bonds.